The van der Waals surface area contributed by atoms with E-state index in [2.05, 4.69) is 5.32 Å². The summed E-state index contributed by atoms with van der Waals surface area (Å²) in [5.74, 6) is -0.811. The molecule has 1 N–H and O–H groups in total. The van der Waals surface area contributed by atoms with E-state index < -0.39 is 28.5 Å². The van der Waals surface area contributed by atoms with E-state index in [1.165, 1.54) is 17.0 Å². The van der Waals surface area contributed by atoms with Crippen molar-refractivity contribution in [3.8, 4) is 0 Å². The predicted octanol–water partition coefficient (Wildman–Crippen LogP) is 5.10. The largest absolute Gasteiger partial charge is 0.354 e. The molecular weight excluding hydrogens is 522 g/mol. The molecule has 9 heteroatoms. The smallest absolute Gasteiger partial charge is 0.264 e. The van der Waals surface area contributed by atoms with E-state index in [0.29, 0.717) is 17.3 Å². The molecule has 3 rings (SSSR count). The van der Waals surface area contributed by atoms with E-state index in [0.717, 1.165) is 27.4 Å². The molecule has 0 saturated carbocycles. The van der Waals surface area contributed by atoms with E-state index in [9.17, 15) is 18.0 Å². The minimum Gasteiger partial charge on any atom is -0.354 e. The zero-order valence-electron chi connectivity index (χ0n) is 22.1. The number of hydrogen-bond donors (Lipinski definition) is 1. The van der Waals surface area contributed by atoms with E-state index in [1.54, 1.807) is 61.5 Å². The number of nitrogens with zero attached hydrogens (tertiary/aromatic N) is 2. The Hall–Kier alpha value is -3.36. The van der Waals surface area contributed by atoms with Gasteiger partial charge in [-0.1, -0.05) is 60.5 Å². The fourth-order valence-corrected chi connectivity index (χ4v) is 5.45. The van der Waals surface area contributed by atoms with Crippen LogP contribution >= 0.6 is 11.6 Å². The molecule has 7 nitrogen and oxygen atoms in total. The molecule has 3 aromatic rings. The Labute approximate surface area is 230 Å². The van der Waals surface area contributed by atoms with Gasteiger partial charge in [-0.3, -0.25) is 13.9 Å². The van der Waals surface area contributed by atoms with Crippen LogP contribution in [-0.2, 0) is 26.2 Å². The van der Waals surface area contributed by atoms with Crippen molar-refractivity contribution in [1.29, 1.82) is 0 Å². The van der Waals surface area contributed by atoms with Crippen LogP contribution in [0.15, 0.2) is 77.7 Å². The van der Waals surface area contributed by atoms with Crippen LogP contribution in [0.2, 0.25) is 5.02 Å². The van der Waals surface area contributed by atoms with Crippen LogP contribution in [0.3, 0.4) is 0 Å². The molecule has 202 valence electrons. The highest BCUT2D eigenvalue weighted by Crippen LogP contribution is 2.26. The summed E-state index contributed by atoms with van der Waals surface area (Å²) in [5, 5.41) is 3.38. The van der Waals surface area contributed by atoms with Crippen molar-refractivity contribution in [1.82, 2.24) is 10.2 Å². The highest BCUT2D eigenvalue weighted by molar-refractivity contribution is 7.92. The Balaban J connectivity index is 2.01. The molecule has 0 aliphatic carbocycles. The van der Waals surface area contributed by atoms with Crippen molar-refractivity contribution in [2.24, 2.45) is 0 Å². The molecule has 0 aliphatic heterocycles. The van der Waals surface area contributed by atoms with Gasteiger partial charge in [-0.05, 0) is 74.7 Å². The Morgan fingerprint density at radius 3 is 2.21 bits per heavy atom. The van der Waals surface area contributed by atoms with Crippen molar-refractivity contribution in [3.63, 3.8) is 0 Å². The molecule has 0 fully saturated rings. The molecule has 0 saturated heterocycles. The normalized spacial score (nSPS) is 12.0. The molecule has 0 heterocycles. The maximum atomic E-state index is 13.8. The van der Waals surface area contributed by atoms with Gasteiger partial charge in [-0.15, -0.1) is 0 Å². The number of hydrogen-bond acceptors (Lipinski definition) is 4. The van der Waals surface area contributed by atoms with Gasteiger partial charge >= 0.3 is 0 Å². The first-order chi connectivity index (χ1) is 18.0. The van der Waals surface area contributed by atoms with Gasteiger partial charge in [0.1, 0.15) is 12.6 Å². The zero-order chi connectivity index (χ0) is 27.9. The summed E-state index contributed by atoms with van der Waals surface area (Å²) in [7, 11) is -4.09. The first-order valence-corrected chi connectivity index (χ1v) is 14.3. The maximum absolute atomic E-state index is 13.8. The number of halogens is 1. The van der Waals surface area contributed by atoms with Crippen molar-refractivity contribution < 1.29 is 18.0 Å². The fraction of sp³-hybridized carbons (Fsp3) is 0.310. The second-order valence-corrected chi connectivity index (χ2v) is 11.6. The summed E-state index contributed by atoms with van der Waals surface area (Å²) in [4.78, 5) is 28.2. The number of aryl methyl sites for hydroxylation is 2. The van der Waals surface area contributed by atoms with Crippen LogP contribution in [0.1, 0.15) is 37.0 Å². The number of benzene rings is 3. The number of anilines is 1. The molecule has 38 heavy (non-hydrogen) atoms. The molecule has 0 bridgehead atoms. The lowest BCUT2D eigenvalue weighted by Gasteiger charge is -2.32. The molecular formula is C29H34ClN3O4S. The summed E-state index contributed by atoms with van der Waals surface area (Å²) >= 11 is 6.03. The third kappa shape index (κ3) is 7.36. The van der Waals surface area contributed by atoms with E-state index >= 15 is 0 Å². The van der Waals surface area contributed by atoms with Gasteiger partial charge in [0.15, 0.2) is 0 Å². The first kappa shape index (κ1) is 29.2. The lowest BCUT2D eigenvalue weighted by Crippen LogP contribution is -2.51. The van der Waals surface area contributed by atoms with E-state index in [1.807, 2.05) is 26.8 Å². The summed E-state index contributed by atoms with van der Waals surface area (Å²) in [5.41, 5.74) is 2.91. The van der Waals surface area contributed by atoms with Crippen LogP contribution in [0.25, 0.3) is 0 Å². The maximum Gasteiger partial charge on any atom is 0.264 e. The standard InChI is InChI=1S/C29H34ClN3O4S/c1-5-17-31-29(35)23(4)32(19-24-11-13-25(30)14-12-24)28(34)20-33(26-8-6-7-22(3)18-26)38(36,37)27-15-9-21(2)10-16-27/h6-16,18,23H,5,17,19-20H2,1-4H3,(H,31,35). The van der Waals surface area contributed by atoms with Crippen LogP contribution < -0.4 is 9.62 Å². The van der Waals surface area contributed by atoms with Gasteiger partial charge in [0.25, 0.3) is 10.0 Å². The lowest BCUT2D eigenvalue weighted by molar-refractivity contribution is -0.139. The summed E-state index contributed by atoms with van der Waals surface area (Å²) < 4.78 is 28.7. The summed E-state index contributed by atoms with van der Waals surface area (Å²) in [6, 6.07) is 19.6. The molecule has 3 aromatic carbocycles. The van der Waals surface area contributed by atoms with Gasteiger partial charge in [-0.2, -0.15) is 0 Å². The van der Waals surface area contributed by atoms with E-state index in [4.69, 9.17) is 11.6 Å². The highest BCUT2D eigenvalue weighted by atomic mass is 35.5. The van der Waals surface area contributed by atoms with E-state index in [-0.39, 0.29) is 17.3 Å². The monoisotopic (exact) mass is 555 g/mol. The average molecular weight is 556 g/mol. The highest BCUT2D eigenvalue weighted by Gasteiger charge is 2.32. The molecule has 1 unspecified atom stereocenters. The Kier molecular flexibility index (Phi) is 9.94. The topological polar surface area (TPSA) is 86.8 Å². The second-order valence-electron chi connectivity index (χ2n) is 9.28. The Morgan fingerprint density at radius 1 is 0.947 bits per heavy atom. The van der Waals surface area contributed by atoms with Crippen LogP contribution in [0.4, 0.5) is 5.69 Å². The fourth-order valence-electron chi connectivity index (χ4n) is 3.91. The van der Waals surface area contributed by atoms with Crippen LogP contribution in [0.5, 0.6) is 0 Å². The van der Waals surface area contributed by atoms with Crippen molar-refractivity contribution in [3.05, 3.63) is 94.5 Å². The number of amides is 2. The molecule has 0 aromatic heterocycles. The SMILES string of the molecule is CCCNC(=O)C(C)N(Cc1ccc(Cl)cc1)C(=O)CN(c1cccc(C)c1)S(=O)(=O)c1ccc(C)cc1. The molecule has 0 radical (unpaired) electrons. The second kappa shape index (κ2) is 12.9. The third-order valence-corrected chi connectivity index (χ3v) is 8.20. The number of rotatable bonds is 11. The van der Waals surface area contributed by atoms with Gasteiger partial charge in [-0.25, -0.2) is 8.42 Å². The number of carbonyl (C=O) groups excluding carboxylic acids is 2. The average Bonchev–Trinajstić information content (AvgIpc) is 2.89. The Morgan fingerprint density at radius 2 is 1.61 bits per heavy atom. The van der Waals surface area contributed by atoms with Gasteiger partial charge in [0, 0.05) is 18.1 Å². The number of carbonyl (C=O) groups is 2. The Bertz CT molecular complexity index is 1360. The third-order valence-electron chi connectivity index (χ3n) is 6.16. The first-order valence-electron chi connectivity index (χ1n) is 12.5. The van der Waals surface area contributed by atoms with Gasteiger partial charge in [0.05, 0.1) is 10.6 Å². The molecule has 1 atom stereocenters. The lowest BCUT2D eigenvalue weighted by atomic mass is 10.1. The van der Waals surface area contributed by atoms with Crippen LogP contribution in [0, 0.1) is 13.8 Å². The van der Waals surface area contributed by atoms with Crippen molar-refractivity contribution in [2.75, 3.05) is 17.4 Å². The molecule has 0 spiro atoms. The minimum atomic E-state index is -4.09. The predicted molar refractivity (Wildman–Crippen MR) is 152 cm³/mol. The van der Waals surface area contributed by atoms with Crippen LogP contribution in [-0.4, -0.2) is 44.3 Å². The zero-order valence-corrected chi connectivity index (χ0v) is 23.7. The number of nitrogens with one attached hydrogen (secondary N) is 1. The summed E-state index contributed by atoms with van der Waals surface area (Å²) in [6.07, 6.45) is 0.750. The minimum absolute atomic E-state index is 0.0791. The molecule has 2 amide bonds. The number of sulfonamides is 1. The van der Waals surface area contributed by atoms with Crippen molar-refractivity contribution >= 4 is 39.1 Å². The van der Waals surface area contributed by atoms with Gasteiger partial charge < -0.3 is 10.2 Å². The quantitative estimate of drug-likeness (QED) is 0.357. The van der Waals surface area contributed by atoms with Gasteiger partial charge in [0.2, 0.25) is 11.8 Å². The summed E-state index contributed by atoms with van der Waals surface area (Å²) in [6.45, 7) is 7.43. The molecule has 0 aliphatic rings. The van der Waals surface area contributed by atoms with Crippen molar-refractivity contribution in [2.45, 2.75) is 51.6 Å².